The first-order valence-electron chi connectivity index (χ1n) is 7.71. The molecule has 7 heteroatoms. The highest BCUT2D eigenvalue weighted by Crippen LogP contribution is 2.27. The summed E-state index contributed by atoms with van der Waals surface area (Å²) in [6, 6.07) is 6.24. The van der Waals surface area contributed by atoms with Crippen molar-refractivity contribution in [2.24, 2.45) is 4.99 Å². The molecule has 2 fully saturated rings. The van der Waals surface area contributed by atoms with Crippen LogP contribution in [0.3, 0.4) is 0 Å². The van der Waals surface area contributed by atoms with Gasteiger partial charge in [-0.2, -0.15) is 0 Å². The Bertz CT molecular complexity index is 644. The first kappa shape index (κ1) is 16.0. The van der Waals surface area contributed by atoms with Gasteiger partial charge in [0.15, 0.2) is 5.17 Å². The van der Waals surface area contributed by atoms with E-state index in [4.69, 9.17) is 0 Å². The van der Waals surface area contributed by atoms with E-state index in [0.717, 1.165) is 12.8 Å². The highest BCUT2D eigenvalue weighted by Gasteiger charge is 2.32. The second-order valence-corrected chi connectivity index (χ2v) is 6.89. The summed E-state index contributed by atoms with van der Waals surface area (Å²) in [5.41, 5.74) is 0.126. The maximum absolute atomic E-state index is 13.5. The number of nitrogens with zero attached hydrogens (tertiary/aromatic N) is 1. The number of carbonyl (C=O) groups is 2. The fourth-order valence-electron chi connectivity index (χ4n) is 2.73. The van der Waals surface area contributed by atoms with E-state index in [1.807, 2.05) is 0 Å². The number of halogens is 1. The van der Waals surface area contributed by atoms with Gasteiger partial charge in [0.05, 0.1) is 11.7 Å². The van der Waals surface area contributed by atoms with Crippen LogP contribution >= 0.6 is 11.8 Å². The molecule has 1 atom stereocenters. The van der Waals surface area contributed by atoms with E-state index in [-0.39, 0.29) is 30.0 Å². The van der Waals surface area contributed by atoms with E-state index in [1.54, 1.807) is 12.1 Å². The summed E-state index contributed by atoms with van der Waals surface area (Å²) in [7, 11) is 0. The van der Waals surface area contributed by atoms with Crippen LogP contribution in [0.15, 0.2) is 29.3 Å². The van der Waals surface area contributed by atoms with Gasteiger partial charge in [0.1, 0.15) is 11.1 Å². The molecule has 3 rings (SSSR count). The lowest BCUT2D eigenvalue weighted by Crippen LogP contribution is -2.28. The lowest BCUT2D eigenvalue weighted by atomic mass is 10.2. The van der Waals surface area contributed by atoms with Crippen molar-refractivity contribution in [3.63, 3.8) is 0 Å². The minimum absolute atomic E-state index is 0.00544. The number of thioether (sulfide) groups is 1. The average Bonchev–Trinajstić information content (AvgIpc) is 3.12. The molecule has 2 aliphatic rings. The molecule has 0 radical (unpaired) electrons. The van der Waals surface area contributed by atoms with E-state index < -0.39 is 11.1 Å². The first-order valence-corrected chi connectivity index (χ1v) is 8.59. The predicted molar refractivity (Wildman–Crippen MR) is 88.9 cm³/mol. The fraction of sp³-hybridized carbons (Fsp3) is 0.438. The number of para-hydroxylation sites is 1. The number of nitrogens with one attached hydrogen (secondary N) is 2. The Labute approximate surface area is 138 Å². The van der Waals surface area contributed by atoms with E-state index in [9.17, 15) is 14.0 Å². The Kier molecular flexibility index (Phi) is 4.95. The third-order valence-electron chi connectivity index (χ3n) is 3.92. The number of benzene rings is 1. The Morgan fingerprint density at radius 1 is 1.35 bits per heavy atom. The van der Waals surface area contributed by atoms with Crippen LogP contribution in [0, 0.1) is 5.82 Å². The Morgan fingerprint density at radius 2 is 2.09 bits per heavy atom. The van der Waals surface area contributed by atoms with Crippen molar-refractivity contribution in [2.75, 3.05) is 5.32 Å². The van der Waals surface area contributed by atoms with Crippen LogP contribution in [0.1, 0.15) is 32.1 Å². The van der Waals surface area contributed by atoms with E-state index >= 15 is 0 Å². The van der Waals surface area contributed by atoms with Crippen molar-refractivity contribution >= 4 is 34.4 Å². The number of aliphatic imine (C=N–C) groups is 1. The molecule has 23 heavy (non-hydrogen) atoms. The SMILES string of the molecule is O=C(C[C@@H]1SC(=NC2CCCC2)NC1=O)Nc1ccccc1F. The maximum atomic E-state index is 13.5. The van der Waals surface area contributed by atoms with Gasteiger partial charge < -0.3 is 10.6 Å². The van der Waals surface area contributed by atoms with Crippen molar-refractivity contribution in [1.29, 1.82) is 0 Å². The van der Waals surface area contributed by atoms with Crippen LogP contribution < -0.4 is 10.6 Å². The molecule has 2 N–H and O–H groups in total. The first-order chi connectivity index (χ1) is 11.1. The molecule has 122 valence electrons. The normalized spacial score (nSPS) is 23.3. The second-order valence-electron chi connectivity index (χ2n) is 5.70. The van der Waals surface area contributed by atoms with Gasteiger partial charge in [-0.05, 0) is 25.0 Å². The molecule has 1 aromatic rings. The summed E-state index contributed by atoms with van der Waals surface area (Å²) in [5, 5.41) is 5.32. The molecule has 1 saturated heterocycles. The molecule has 1 aromatic carbocycles. The van der Waals surface area contributed by atoms with Gasteiger partial charge in [0, 0.05) is 6.42 Å². The zero-order chi connectivity index (χ0) is 16.2. The van der Waals surface area contributed by atoms with Crippen LogP contribution in [-0.2, 0) is 9.59 Å². The largest absolute Gasteiger partial charge is 0.324 e. The number of carbonyl (C=O) groups excluding carboxylic acids is 2. The monoisotopic (exact) mass is 335 g/mol. The molecule has 5 nitrogen and oxygen atoms in total. The Hall–Kier alpha value is -1.89. The molecular formula is C16H18FN3O2S. The van der Waals surface area contributed by atoms with Crippen LogP contribution in [-0.4, -0.2) is 28.3 Å². The van der Waals surface area contributed by atoms with Crippen molar-refractivity contribution < 1.29 is 14.0 Å². The smallest absolute Gasteiger partial charge is 0.240 e. The van der Waals surface area contributed by atoms with Crippen LogP contribution in [0.4, 0.5) is 10.1 Å². The molecule has 0 spiro atoms. The van der Waals surface area contributed by atoms with Gasteiger partial charge in [0.2, 0.25) is 11.8 Å². The van der Waals surface area contributed by atoms with Gasteiger partial charge in [0.25, 0.3) is 0 Å². The summed E-state index contributed by atoms with van der Waals surface area (Å²) in [4.78, 5) is 28.5. The number of amidine groups is 1. The molecule has 1 aliphatic carbocycles. The summed E-state index contributed by atoms with van der Waals surface area (Å²) in [6.45, 7) is 0. The van der Waals surface area contributed by atoms with Crippen molar-refractivity contribution in [3.8, 4) is 0 Å². The second kappa shape index (κ2) is 7.12. The number of hydrogen-bond acceptors (Lipinski definition) is 4. The highest BCUT2D eigenvalue weighted by molar-refractivity contribution is 8.15. The number of hydrogen-bond donors (Lipinski definition) is 2. The lowest BCUT2D eigenvalue weighted by Gasteiger charge is -2.08. The van der Waals surface area contributed by atoms with E-state index in [1.165, 1.54) is 36.7 Å². The van der Waals surface area contributed by atoms with Crippen LogP contribution in [0.25, 0.3) is 0 Å². The van der Waals surface area contributed by atoms with Gasteiger partial charge in [-0.15, -0.1) is 0 Å². The standard InChI is InChI=1S/C16H18FN3O2S/c17-11-7-3-4-8-12(11)19-14(21)9-13-15(22)20-16(23-13)18-10-5-1-2-6-10/h3-4,7-8,10,13H,1-2,5-6,9H2,(H,19,21)(H,18,20,22)/t13-/m0/s1. The molecule has 0 bridgehead atoms. The number of anilines is 1. The summed E-state index contributed by atoms with van der Waals surface area (Å²) < 4.78 is 13.5. The average molecular weight is 335 g/mol. The molecule has 2 amide bonds. The van der Waals surface area contributed by atoms with E-state index in [2.05, 4.69) is 15.6 Å². The van der Waals surface area contributed by atoms with Crippen molar-refractivity contribution in [1.82, 2.24) is 5.32 Å². The third-order valence-corrected chi connectivity index (χ3v) is 5.02. The summed E-state index contributed by atoms with van der Waals surface area (Å²) >= 11 is 1.28. The van der Waals surface area contributed by atoms with Crippen molar-refractivity contribution in [3.05, 3.63) is 30.1 Å². The minimum atomic E-state index is -0.512. The van der Waals surface area contributed by atoms with Gasteiger partial charge in [-0.25, -0.2) is 4.39 Å². The lowest BCUT2D eigenvalue weighted by molar-refractivity contribution is -0.122. The Morgan fingerprint density at radius 3 is 2.83 bits per heavy atom. The zero-order valence-corrected chi connectivity index (χ0v) is 13.4. The number of amides is 2. The van der Waals surface area contributed by atoms with E-state index in [0.29, 0.717) is 5.17 Å². The van der Waals surface area contributed by atoms with Crippen molar-refractivity contribution in [2.45, 2.75) is 43.4 Å². The molecule has 1 heterocycles. The highest BCUT2D eigenvalue weighted by atomic mass is 32.2. The molecule has 1 saturated carbocycles. The Balaban J connectivity index is 1.56. The molecule has 0 unspecified atom stereocenters. The van der Waals surface area contributed by atoms with Crippen LogP contribution in [0.2, 0.25) is 0 Å². The van der Waals surface area contributed by atoms with Crippen LogP contribution in [0.5, 0.6) is 0 Å². The maximum Gasteiger partial charge on any atom is 0.240 e. The molecule has 1 aliphatic heterocycles. The zero-order valence-electron chi connectivity index (χ0n) is 12.5. The van der Waals surface area contributed by atoms with Gasteiger partial charge in [-0.3, -0.25) is 14.6 Å². The summed E-state index contributed by atoms with van der Waals surface area (Å²) in [6.07, 6.45) is 4.45. The molecule has 0 aromatic heterocycles. The fourth-order valence-corrected chi connectivity index (χ4v) is 3.77. The van der Waals surface area contributed by atoms with Gasteiger partial charge >= 0.3 is 0 Å². The predicted octanol–water partition coefficient (Wildman–Crippen LogP) is 2.68. The van der Waals surface area contributed by atoms with Gasteiger partial charge in [-0.1, -0.05) is 36.7 Å². The molecular weight excluding hydrogens is 317 g/mol. The topological polar surface area (TPSA) is 70.6 Å². The number of rotatable bonds is 4. The minimum Gasteiger partial charge on any atom is -0.324 e. The quantitative estimate of drug-likeness (QED) is 0.889. The summed E-state index contributed by atoms with van der Waals surface area (Å²) in [5.74, 6) is -1.09. The third kappa shape index (κ3) is 4.10.